The number of carboxylic acids is 1. The van der Waals surface area contributed by atoms with Crippen LogP contribution in [-0.4, -0.2) is 59.6 Å². The van der Waals surface area contributed by atoms with Crippen LogP contribution >= 0.6 is 0 Å². The van der Waals surface area contributed by atoms with Crippen LogP contribution in [0.3, 0.4) is 0 Å². The minimum atomic E-state index is -0.621. The molecule has 0 aromatic rings. The lowest BCUT2D eigenvalue weighted by Gasteiger charge is -2.38. The van der Waals surface area contributed by atoms with Gasteiger partial charge in [-0.2, -0.15) is 0 Å². The zero-order valence-electron chi connectivity index (χ0n) is 10.9. The fraction of sp³-hybridized carbons (Fsp3) is 0.923. The first-order chi connectivity index (χ1) is 8.08. The molecule has 1 saturated heterocycles. The summed E-state index contributed by atoms with van der Waals surface area (Å²) in [6.07, 6.45) is 2.20. The molecule has 1 heterocycles. The van der Waals surface area contributed by atoms with Gasteiger partial charge in [0, 0.05) is 32.7 Å². The quantitative estimate of drug-likeness (QED) is 0.782. The maximum atomic E-state index is 11.3. The van der Waals surface area contributed by atoms with Crippen molar-refractivity contribution in [3.8, 4) is 0 Å². The molecule has 0 aromatic heterocycles. The first-order valence-corrected chi connectivity index (χ1v) is 6.77. The van der Waals surface area contributed by atoms with Gasteiger partial charge >= 0.3 is 5.97 Å². The van der Waals surface area contributed by atoms with Gasteiger partial charge in [0.2, 0.25) is 0 Å². The molecular formula is C13H24N2O2. The summed E-state index contributed by atoms with van der Waals surface area (Å²) in [7, 11) is 0. The predicted molar refractivity (Wildman–Crippen MR) is 67.0 cm³/mol. The Bertz CT molecular complexity index is 269. The van der Waals surface area contributed by atoms with E-state index in [0.717, 1.165) is 45.6 Å². The molecule has 1 aliphatic heterocycles. The molecule has 0 spiro atoms. The molecule has 0 aromatic carbocycles. The van der Waals surface area contributed by atoms with Crippen molar-refractivity contribution in [3.05, 3.63) is 0 Å². The van der Waals surface area contributed by atoms with Crippen LogP contribution in [0, 0.1) is 11.8 Å². The Morgan fingerprint density at radius 3 is 2.24 bits per heavy atom. The van der Waals surface area contributed by atoms with Crippen LogP contribution in [0.1, 0.15) is 26.7 Å². The van der Waals surface area contributed by atoms with Gasteiger partial charge in [0.1, 0.15) is 6.04 Å². The van der Waals surface area contributed by atoms with Gasteiger partial charge in [0.05, 0.1) is 0 Å². The zero-order chi connectivity index (χ0) is 12.4. The molecule has 2 fully saturated rings. The average Bonchev–Trinajstić information content (AvgIpc) is 3.04. The number of hydrogen-bond acceptors (Lipinski definition) is 3. The molecule has 2 rings (SSSR count). The molecule has 4 heteroatoms. The Labute approximate surface area is 104 Å². The number of carboxylic acid groups (broad SMARTS) is 1. The lowest BCUT2D eigenvalue weighted by molar-refractivity contribution is -0.145. The summed E-state index contributed by atoms with van der Waals surface area (Å²) in [5, 5.41) is 9.29. The van der Waals surface area contributed by atoms with Crippen LogP contribution in [0.15, 0.2) is 0 Å². The second kappa shape index (κ2) is 5.36. The minimum absolute atomic E-state index is 0.212. The van der Waals surface area contributed by atoms with Crippen molar-refractivity contribution < 1.29 is 9.90 Å². The highest BCUT2D eigenvalue weighted by atomic mass is 16.4. The predicted octanol–water partition coefficient (Wildman–Crippen LogP) is 1.12. The highest BCUT2D eigenvalue weighted by Crippen LogP contribution is 2.35. The number of nitrogens with zero attached hydrogens (tertiary/aromatic N) is 2. The molecule has 17 heavy (non-hydrogen) atoms. The average molecular weight is 240 g/mol. The summed E-state index contributed by atoms with van der Waals surface area (Å²) in [5.41, 5.74) is 0. The number of hydrogen-bond donors (Lipinski definition) is 1. The van der Waals surface area contributed by atoms with Crippen molar-refractivity contribution in [1.29, 1.82) is 0 Å². The number of aliphatic carboxylic acids is 1. The third-order valence-corrected chi connectivity index (χ3v) is 3.75. The number of piperazine rings is 1. The highest BCUT2D eigenvalue weighted by Gasteiger charge is 2.40. The molecule has 1 saturated carbocycles. The third-order valence-electron chi connectivity index (χ3n) is 3.75. The van der Waals surface area contributed by atoms with Gasteiger partial charge < -0.3 is 10.0 Å². The summed E-state index contributed by atoms with van der Waals surface area (Å²) < 4.78 is 0. The van der Waals surface area contributed by atoms with Crippen molar-refractivity contribution >= 4 is 5.97 Å². The van der Waals surface area contributed by atoms with Gasteiger partial charge in [0.25, 0.3) is 0 Å². The van der Waals surface area contributed by atoms with E-state index in [4.69, 9.17) is 0 Å². The molecule has 4 nitrogen and oxygen atoms in total. The van der Waals surface area contributed by atoms with Gasteiger partial charge in [-0.1, -0.05) is 13.8 Å². The van der Waals surface area contributed by atoms with E-state index >= 15 is 0 Å². The number of rotatable bonds is 5. The van der Waals surface area contributed by atoms with Crippen LogP contribution in [0.2, 0.25) is 0 Å². The van der Waals surface area contributed by atoms with E-state index in [1.807, 2.05) is 0 Å². The molecule has 98 valence electrons. The number of carbonyl (C=O) groups is 1. The second-order valence-corrected chi connectivity index (χ2v) is 5.85. The van der Waals surface area contributed by atoms with E-state index in [-0.39, 0.29) is 6.04 Å². The van der Waals surface area contributed by atoms with Crippen LogP contribution in [0.5, 0.6) is 0 Å². The summed E-state index contributed by atoms with van der Waals surface area (Å²) in [4.78, 5) is 15.9. The standard InChI is InChI=1S/C13H24N2O2/c1-10(2)9-14-5-7-15(8-6-14)12(13(16)17)11-3-4-11/h10-12H,3-9H2,1-2H3,(H,16,17). The molecule has 2 aliphatic rings. The maximum Gasteiger partial charge on any atom is 0.321 e. The summed E-state index contributed by atoms with van der Waals surface area (Å²) in [5.74, 6) is 0.495. The van der Waals surface area contributed by atoms with Crippen molar-refractivity contribution in [1.82, 2.24) is 9.80 Å². The van der Waals surface area contributed by atoms with Gasteiger partial charge in [-0.15, -0.1) is 0 Å². The summed E-state index contributed by atoms with van der Waals surface area (Å²) in [6.45, 7) is 9.48. The fourth-order valence-corrected chi connectivity index (χ4v) is 2.81. The van der Waals surface area contributed by atoms with Crippen molar-refractivity contribution in [2.24, 2.45) is 11.8 Å². The Morgan fingerprint density at radius 2 is 1.82 bits per heavy atom. The largest absolute Gasteiger partial charge is 0.480 e. The van der Waals surface area contributed by atoms with Gasteiger partial charge in [-0.25, -0.2) is 0 Å². The first kappa shape index (κ1) is 12.8. The fourth-order valence-electron chi connectivity index (χ4n) is 2.81. The topological polar surface area (TPSA) is 43.8 Å². The normalized spacial score (nSPS) is 25.1. The van der Waals surface area contributed by atoms with Gasteiger partial charge in [-0.3, -0.25) is 9.69 Å². The Morgan fingerprint density at radius 1 is 1.24 bits per heavy atom. The molecule has 1 N–H and O–H groups in total. The van der Waals surface area contributed by atoms with E-state index in [0.29, 0.717) is 11.8 Å². The van der Waals surface area contributed by atoms with Crippen molar-refractivity contribution in [2.75, 3.05) is 32.7 Å². The van der Waals surface area contributed by atoms with Crippen LogP contribution in [-0.2, 0) is 4.79 Å². The van der Waals surface area contributed by atoms with Crippen molar-refractivity contribution in [2.45, 2.75) is 32.7 Å². The molecule has 1 unspecified atom stereocenters. The summed E-state index contributed by atoms with van der Waals surface area (Å²) in [6, 6.07) is -0.212. The smallest absolute Gasteiger partial charge is 0.321 e. The minimum Gasteiger partial charge on any atom is -0.480 e. The molecule has 1 atom stereocenters. The van der Waals surface area contributed by atoms with E-state index in [9.17, 15) is 9.90 Å². The van der Waals surface area contributed by atoms with Gasteiger partial charge in [0.15, 0.2) is 0 Å². The van der Waals surface area contributed by atoms with E-state index in [1.165, 1.54) is 0 Å². The molecular weight excluding hydrogens is 216 g/mol. The molecule has 0 amide bonds. The van der Waals surface area contributed by atoms with E-state index in [1.54, 1.807) is 0 Å². The van der Waals surface area contributed by atoms with Crippen LogP contribution in [0.25, 0.3) is 0 Å². The third kappa shape index (κ3) is 3.42. The molecule has 1 aliphatic carbocycles. The van der Waals surface area contributed by atoms with Crippen LogP contribution < -0.4 is 0 Å². The molecule has 0 bridgehead atoms. The maximum absolute atomic E-state index is 11.3. The Balaban J connectivity index is 1.83. The Kier molecular flexibility index (Phi) is 4.05. The van der Waals surface area contributed by atoms with E-state index < -0.39 is 5.97 Å². The van der Waals surface area contributed by atoms with Gasteiger partial charge in [-0.05, 0) is 24.7 Å². The SMILES string of the molecule is CC(C)CN1CCN(C(C(=O)O)C2CC2)CC1. The van der Waals surface area contributed by atoms with Crippen LogP contribution in [0.4, 0.5) is 0 Å². The van der Waals surface area contributed by atoms with Crippen molar-refractivity contribution in [3.63, 3.8) is 0 Å². The lowest BCUT2D eigenvalue weighted by atomic mass is 10.1. The Hall–Kier alpha value is -0.610. The molecule has 0 radical (unpaired) electrons. The first-order valence-electron chi connectivity index (χ1n) is 6.77. The zero-order valence-corrected chi connectivity index (χ0v) is 10.9. The lowest BCUT2D eigenvalue weighted by Crippen LogP contribution is -2.53. The monoisotopic (exact) mass is 240 g/mol. The second-order valence-electron chi connectivity index (χ2n) is 5.85. The van der Waals surface area contributed by atoms with E-state index in [2.05, 4.69) is 23.6 Å². The highest BCUT2D eigenvalue weighted by molar-refractivity contribution is 5.74. The summed E-state index contributed by atoms with van der Waals surface area (Å²) >= 11 is 0.